The fraction of sp³-hybridized carbons (Fsp3) is 0.143. The van der Waals surface area contributed by atoms with Crippen molar-refractivity contribution < 1.29 is 0 Å². The first-order valence-electron chi connectivity index (χ1n) is 5.40. The molecule has 0 saturated heterocycles. The quantitative estimate of drug-likeness (QED) is 0.661. The lowest BCUT2D eigenvalue weighted by Gasteiger charge is -2.08. The van der Waals surface area contributed by atoms with E-state index in [1.807, 2.05) is 30.0 Å². The molecule has 2 aromatic rings. The minimum atomic E-state index is 0.863. The Labute approximate surface area is 115 Å². The van der Waals surface area contributed by atoms with E-state index in [4.69, 9.17) is 5.73 Å². The van der Waals surface area contributed by atoms with Crippen molar-refractivity contribution in [3.8, 4) is 0 Å². The molecule has 3 heteroatoms. The molecule has 0 aliphatic heterocycles. The zero-order valence-electron chi connectivity index (χ0n) is 9.61. The van der Waals surface area contributed by atoms with Crippen LogP contribution in [0.15, 0.2) is 51.8 Å². The lowest BCUT2D eigenvalue weighted by molar-refractivity contribution is 1.29. The molecule has 0 aliphatic carbocycles. The maximum atomic E-state index is 5.90. The molecule has 0 fully saturated rings. The van der Waals surface area contributed by atoms with Gasteiger partial charge < -0.3 is 5.73 Å². The third kappa shape index (κ3) is 3.05. The van der Waals surface area contributed by atoms with Gasteiger partial charge >= 0.3 is 0 Å². The molecule has 2 aromatic carbocycles. The van der Waals surface area contributed by atoms with Gasteiger partial charge in [-0.1, -0.05) is 40.2 Å². The van der Waals surface area contributed by atoms with Crippen LogP contribution >= 0.6 is 27.7 Å². The maximum Gasteiger partial charge on any atom is 0.0354 e. The molecular formula is C14H14BrNS. The van der Waals surface area contributed by atoms with E-state index < -0.39 is 0 Å². The first-order valence-corrected chi connectivity index (χ1v) is 7.17. The van der Waals surface area contributed by atoms with Crippen LogP contribution in [0.1, 0.15) is 11.1 Å². The summed E-state index contributed by atoms with van der Waals surface area (Å²) in [4.78, 5) is 1.25. The molecule has 0 saturated carbocycles. The van der Waals surface area contributed by atoms with Gasteiger partial charge in [-0.3, -0.25) is 0 Å². The van der Waals surface area contributed by atoms with E-state index in [9.17, 15) is 0 Å². The number of benzene rings is 2. The molecule has 88 valence electrons. The molecule has 1 nitrogen and oxygen atoms in total. The van der Waals surface area contributed by atoms with Crippen LogP contribution in [0.4, 0.5) is 5.69 Å². The fourth-order valence-corrected chi connectivity index (χ4v) is 3.24. The van der Waals surface area contributed by atoms with Crippen molar-refractivity contribution in [1.82, 2.24) is 0 Å². The number of hydrogen-bond donors (Lipinski definition) is 1. The van der Waals surface area contributed by atoms with Gasteiger partial charge in [0.15, 0.2) is 0 Å². The second-order valence-corrected chi connectivity index (χ2v) is 5.72. The van der Waals surface area contributed by atoms with E-state index in [0.29, 0.717) is 0 Å². The summed E-state index contributed by atoms with van der Waals surface area (Å²) in [5.41, 5.74) is 9.24. The van der Waals surface area contributed by atoms with Crippen molar-refractivity contribution >= 4 is 33.4 Å². The highest BCUT2D eigenvalue weighted by Crippen LogP contribution is 2.30. The summed E-state index contributed by atoms with van der Waals surface area (Å²) in [7, 11) is 0. The minimum Gasteiger partial charge on any atom is -0.398 e. The van der Waals surface area contributed by atoms with Crippen LogP contribution in [0.5, 0.6) is 0 Å². The molecule has 2 N–H and O–H groups in total. The number of hydrogen-bond acceptors (Lipinski definition) is 2. The summed E-state index contributed by atoms with van der Waals surface area (Å²) in [6, 6.07) is 14.4. The van der Waals surface area contributed by atoms with E-state index in [2.05, 4.69) is 47.1 Å². The third-order valence-electron chi connectivity index (χ3n) is 2.67. The van der Waals surface area contributed by atoms with Crippen molar-refractivity contribution in [3.63, 3.8) is 0 Å². The van der Waals surface area contributed by atoms with Crippen LogP contribution in [0.3, 0.4) is 0 Å². The van der Waals surface area contributed by atoms with Gasteiger partial charge in [0, 0.05) is 20.8 Å². The molecule has 0 aliphatic rings. The van der Waals surface area contributed by atoms with E-state index in [0.717, 1.165) is 15.9 Å². The van der Waals surface area contributed by atoms with Crippen LogP contribution in [-0.2, 0) is 5.75 Å². The Bertz CT molecular complexity index is 525. The lowest BCUT2D eigenvalue weighted by atomic mass is 10.2. The van der Waals surface area contributed by atoms with Crippen LogP contribution < -0.4 is 5.73 Å². The van der Waals surface area contributed by atoms with Crippen molar-refractivity contribution in [2.45, 2.75) is 17.6 Å². The van der Waals surface area contributed by atoms with E-state index in [1.165, 1.54) is 16.0 Å². The summed E-state index contributed by atoms with van der Waals surface area (Å²) in [6.07, 6.45) is 0. The predicted molar refractivity (Wildman–Crippen MR) is 79.3 cm³/mol. The summed E-state index contributed by atoms with van der Waals surface area (Å²) >= 11 is 5.38. The minimum absolute atomic E-state index is 0.863. The molecule has 0 unspecified atom stereocenters. The highest BCUT2D eigenvalue weighted by molar-refractivity contribution is 9.10. The molecule has 0 aromatic heterocycles. The number of rotatable bonds is 3. The van der Waals surface area contributed by atoms with Gasteiger partial charge in [-0.2, -0.15) is 0 Å². The van der Waals surface area contributed by atoms with Gasteiger partial charge in [0.1, 0.15) is 0 Å². The molecule has 0 atom stereocenters. The van der Waals surface area contributed by atoms with Gasteiger partial charge in [-0.25, -0.2) is 0 Å². The highest BCUT2D eigenvalue weighted by atomic mass is 79.9. The average molecular weight is 308 g/mol. The molecule has 2 rings (SSSR count). The zero-order chi connectivity index (χ0) is 12.3. The summed E-state index contributed by atoms with van der Waals surface area (Å²) in [5.74, 6) is 0.950. The Morgan fingerprint density at radius 2 is 1.88 bits per heavy atom. The van der Waals surface area contributed by atoms with Crippen LogP contribution in [-0.4, -0.2) is 0 Å². The maximum absolute atomic E-state index is 5.90. The van der Waals surface area contributed by atoms with Crippen molar-refractivity contribution in [2.24, 2.45) is 0 Å². The highest BCUT2D eigenvalue weighted by Gasteiger charge is 2.04. The second-order valence-electron chi connectivity index (χ2n) is 3.85. The van der Waals surface area contributed by atoms with Crippen LogP contribution in [0.25, 0.3) is 0 Å². The number of anilines is 1. The van der Waals surface area contributed by atoms with Crippen LogP contribution in [0.2, 0.25) is 0 Å². The van der Waals surface area contributed by atoms with Crippen molar-refractivity contribution in [3.05, 3.63) is 58.1 Å². The first kappa shape index (κ1) is 12.5. The largest absolute Gasteiger partial charge is 0.398 e. The second kappa shape index (κ2) is 5.61. The molecule has 17 heavy (non-hydrogen) atoms. The van der Waals surface area contributed by atoms with E-state index in [1.54, 1.807) is 0 Å². The van der Waals surface area contributed by atoms with Crippen LogP contribution in [0, 0.1) is 6.92 Å². The number of nitrogens with two attached hydrogens (primary N) is 1. The summed E-state index contributed by atoms with van der Waals surface area (Å²) < 4.78 is 1.16. The summed E-state index contributed by atoms with van der Waals surface area (Å²) in [5, 5.41) is 0. The smallest absolute Gasteiger partial charge is 0.0354 e. The Morgan fingerprint density at radius 1 is 1.12 bits per heavy atom. The molecular weight excluding hydrogens is 294 g/mol. The lowest BCUT2D eigenvalue weighted by Crippen LogP contribution is -1.91. The predicted octanol–water partition coefficient (Wildman–Crippen LogP) is 4.63. The SMILES string of the molecule is Cc1c(N)cccc1SCc1ccccc1Br. The Kier molecular flexibility index (Phi) is 4.13. The molecule has 0 bridgehead atoms. The van der Waals surface area contributed by atoms with Gasteiger partial charge in [0.05, 0.1) is 0 Å². The first-order chi connectivity index (χ1) is 8.18. The number of halogens is 1. The number of nitrogen functional groups attached to an aromatic ring is 1. The van der Waals surface area contributed by atoms with Gasteiger partial charge in [0.25, 0.3) is 0 Å². The molecule has 0 heterocycles. The third-order valence-corrected chi connectivity index (χ3v) is 4.65. The summed E-state index contributed by atoms with van der Waals surface area (Å²) in [6.45, 7) is 2.07. The average Bonchev–Trinajstić information content (AvgIpc) is 2.33. The standard InChI is InChI=1S/C14H14BrNS/c1-10-13(16)7-4-8-14(10)17-9-11-5-2-3-6-12(11)15/h2-8H,9,16H2,1H3. The number of thioether (sulfide) groups is 1. The zero-order valence-corrected chi connectivity index (χ0v) is 12.0. The Hall–Kier alpha value is -0.930. The monoisotopic (exact) mass is 307 g/mol. The van der Waals surface area contributed by atoms with Crippen molar-refractivity contribution in [1.29, 1.82) is 0 Å². The van der Waals surface area contributed by atoms with Gasteiger partial charge in [0.2, 0.25) is 0 Å². The molecule has 0 spiro atoms. The van der Waals surface area contributed by atoms with Gasteiger partial charge in [-0.15, -0.1) is 11.8 Å². The Morgan fingerprint density at radius 3 is 2.65 bits per heavy atom. The topological polar surface area (TPSA) is 26.0 Å². The van der Waals surface area contributed by atoms with Crippen molar-refractivity contribution in [2.75, 3.05) is 5.73 Å². The van der Waals surface area contributed by atoms with E-state index in [-0.39, 0.29) is 0 Å². The normalized spacial score (nSPS) is 10.5. The molecule has 0 amide bonds. The van der Waals surface area contributed by atoms with E-state index >= 15 is 0 Å². The Balaban J connectivity index is 2.13. The van der Waals surface area contributed by atoms with Gasteiger partial charge in [-0.05, 0) is 36.2 Å². The fourth-order valence-electron chi connectivity index (χ4n) is 1.56. The molecule has 0 radical (unpaired) electrons.